The molecule has 0 aromatic heterocycles. The van der Waals surface area contributed by atoms with Gasteiger partial charge in [0.1, 0.15) is 6.29 Å². The normalized spacial score (nSPS) is 12.8. The maximum atomic E-state index is 12.7. The van der Waals surface area contributed by atoms with Crippen molar-refractivity contribution >= 4 is 35.4 Å². The lowest BCUT2D eigenvalue weighted by Crippen LogP contribution is -3.15. The van der Waals surface area contributed by atoms with Gasteiger partial charge in [0.05, 0.1) is 5.56 Å². The van der Waals surface area contributed by atoms with Crippen LogP contribution >= 0.6 is 11.6 Å². The second kappa shape index (κ2) is 9.98. The number of hydrogen-bond acceptors (Lipinski definition) is 5. The fraction of sp³-hybridized carbons (Fsp3) is 0.250. The van der Waals surface area contributed by atoms with Crippen LogP contribution in [0.5, 0.6) is 0 Å². The Morgan fingerprint density at radius 3 is 2.68 bits per heavy atom. The van der Waals surface area contributed by atoms with Crippen molar-refractivity contribution in [3.63, 3.8) is 0 Å². The van der Waals surface area contributed by atoms with E-state index in [1.54, 1.807) is 31.2 Å². The van der Waals surface area contributed by atoms with Crippen LogP contribution in [0.25, 0.3) is 0 Å². The zero-order valence-corrected chi connectivity index (χ0v) is 16.2. The summed E-state index contributed by atoms with van der Waals surface area (Å²) in [6.07, 6.45) is 0.487. The SMILES string of the molecule is Cc1ccc(NCc2cccc(Cl)c2)cc1C(=O)[NH+]([O-])C(CCC=O)C(N)=O. The highest BCUT2D eigenvalue weighted by molar-refractivity contribution is 6.30. The molecule has 2 aromatic rings. The molecule has 2 unspecified atom stereocenters. The Balaban J connectivity index is 2.17. The maximum Gasteiger partial charge on any atom is 0.345 e. The average molecular weight is 404 g/mol. The zero-order chi connectivity index (χ0) is 20.7. The Morgan fingerprint density at radius 2 is 2.04 bits per heavy atom. The number of rotatable bonds is 9. The summed E-state index contributed by atoms with van der Waals surface area (Å²) < 4.78 is 0. The van der Waals surface area contributed by atoms with E-state index in [4.69, 9.17) is 17.3 Å². The quantitative estimate of drug-likeness (QED) is 0.434. The lowest BCUT2D eigenvalue weighted by atomic mass is 10.0. The largest absolute Gasteiger partial charge is 0.626 e. The first-order valence-electron chi connectivity index (χ1n) is 8.74. The van der Waals surface area contributed by atoms with E-state index in [0.717, 1.165) is 5.56 Å². The van der Waals surface area contributed by atoms with Gasteiger partial charge >= 0.3 is 5.91 Å². The number of halogens is 1. The number of anilines is 1. The fourth-order valence-electron chi connectivity index (χ4n) is 2.76. The number of hydroxylamine groups is 2. The van der Waals surface area contributed by atoms with Gasteiger partial charge in [0.2, 0.25) is 0 Å². The molecule has 0 saturated carbocycles. The first-order chi connectivity index (χ1) is 13.3. The second-order valence-electron chi connectivity index (χ2n) is 6.41. The minimum absolute atomic E-state index is 0.0210. The highest BCUT2D eigenvalue weighted by Gasteiger charge is 2.29. The van der Waals surface area contributed by atoms with E-state index in [1.807, 2.05) is 18.2 Å². The average Bonchev–Trinajstić information content (AvgIpc) is 2.66. The molecule has 2 amide bonds. The van der Waals surface area contributed by atoms with Gasteiger partial charge in [0, 0.05) is 30.1 Å². The molecule has 8 heteroatoms. The van der Waals surface area contributed by atoms with Crippen LogP contribution in [0.4, 0.5) is 5.69 Å². The maximum absolute atomic E-state index is 12.7. The molecule has 2 atom stereocenters. The van der Waals surface area contributed by atoms with Crippen LogP contribution < -0.4 is 16.1 Å². The van der Waals surface area contributed by atoms with Gasteiger partial charge in [-0.3, -0.25) is 9.86 Å². The van der Waals surface area contributed by atoms with Gasteiger partial charge in [-0.15, -0.1) is 0 Å². The Bertz CT molecular complexity index is 872. The molecule has 4 N–H and O–H groups in total. The topological polar surface area (TPSA) is 117 Å². The molecule has 0 saturated heterocycles. The van der Waals surface area contributed by atoms with Gasteiger partial charge in [-0.1, -0.05) is 29.8 Å². The molecule has 7 nitrogen and oxygen atoms in total. The lowest BCUT2D eigenvalue weighted by molar-refractivity contribution is -0.777. The molecule has 28 heavy (non-hydrogen) atoms. The number of benzene rings is 2. The second-order valence-corrected chi connectivity index (χ2v) is 6.84. The third kappa shape index (κ3) is 5.63. The molecular formula is C20H22ClN3O4. The van der Waals surface area contributed by atoms with Crippen LogP contribution in [0.3, 0.4) is 0 Å². The summed E-state index contributed by atoms with van der Waals surface area (Å²) in [6, 6.07) is 11.1. The predicted octanol–water partition coefficient (Wildman–Crippen LogP) is 1.62. The number of aldehydes is 1. The highest BCUT2D eigenvalue weighted by Crippen LogP contribution is 2.17. The number of nitrogens with one attached hydrogen (secondary N) is 2. The van der Waals surface area contributed by atoms with Crippen molar-refractivity contribution in [2.75, 3.05) is 5.32 Å². The standard InChI is InChI=1S/C20H22ClN3O4/c1-13-7-8-16(23-12-14-4-2-5-15(21)10-14)11-17(13)20(27)24(28)18(19(22)26)6-3-9-25/h2,4-5,7-11,18,23-24H,3,6,12H2,1H3,(H2,22,26). The zero-order valence-electron chi connectivity index (χ0n) is 15.4. The third-order valence-electron chi connectivity index (χ3n) is 4.32. The molecule has 0 spiro atoms. The molecule has 0 heterocycles. The van der Waals surface area contributed by atoms with Gasteiger partial charge in [-0.2, -0.15) is 0 Å². The number of amides is 2. The first-order valence-corrected chi connectivity index (χ1v) is 9.11. The number of nitrogens with two attached hydrogens (primary N) is 1. The smallest absolute Gasteiger partial charge is 0.345 e. The highest BCUT2D eigenvalue weighted by atomic mass is 35.5. The van der Waals surface area contributed by atoms with Gasteiger partial charge in [0.15, 0.2) is 6.04 Å². The van der Waals surface area contributed by atoms with E-state index in [2.05, 4.69) is 5.32 Å². The number of primary amides is 1. The van der Waals surface area contributed by atoms with Gasteiger partial charge < -0.3 is 21.1 Å². The number of quaternary nitrogens is 1. The molecule has 0 fully saturated rings. The molecule has 2 rings (SSSR count). The summed E-state index contributed by atoms with van der Waals surface area (Å²) in [7, 11) is 0. The van der Waals surface area contributed by atoms with Crippen molar-refractivity contribution < 1.29 is 19.4 Å². The summed E-state index contributed by atoms with van der Waals surface area (Å²) >= 11 is 5.97. The van der Waals surface area contributed by atoms with E-state index in [1.165, 1.54) is 0 Å². The van der Waals surface area contributed by atoms with Crippen LogP contribution in [-0.4, -0.2) is 24.1 Å². The molecule has 0 aliphatic carbocycles. The third-order valence-corrected chi connectivity index (χ3v) is 4.56. The van der Waals surface area contributed by atoms with E-state index in [-0.39, 0.29) is 18.4 Å². The van der Waals surface area contributed by atoms with E-state index in [0.29, 0.717) is 29.1 Å². The minimum atomic E-state index is -1.31. The molecule has 148 valence electrons. The van der Waals surface area contributed by atoms with Crippen molar-refractivity contribution in [2.45, 2.75) is 32.4 Å². The van der Waals surface area contributed by atoms with Crippen LogP contribution in [0.15, 0.2) is 42.5 Å². The predicted molar refractivity (Wildman–Crippen MR) is 107 cm³/mol. The van der Waals surface area contributed by atoms with Gasteiger partial charge in [-0.05, 0) is 42.3 Å². The Kier molecular flexibility index (Phi) is 7.69. The van der Waals surface area contributed by atoms with E-state index >= 15 is 0 Å². The van der Waals surface area contributed by atoms with Crippen LogP contribution in [0, 0.1) is 12.1 Å². The van der Waals surface area contributed by atoms with Crippen molar-refractivity contribution in [3.05, 3.63) is 69.4 Å². The molecule has 0 aliphatic heterocycles. The van der Waals surface area contributed by atoms with Crippen molar-refractivity contribution in [1.82, 2.24) is 0 Å². The summed E-state index contributed by atoms with van der Waals surface area (Å²) in [6.45, 7) is 2.18. The van der Waals surface area contributed by atoms with Crippen molar-refractivity contribution in [2.24, 2.45) is 5.73 Å². The number of aryl methyl sites for hydroxylation is 1. The number of carbonyl (C=O) groups is 3. The van der Waals surface area contributed by atoms with E-state index in [9.17, 15) is 19.6 Å². The van der Waals surface area contributed by atoms with Crippen LogP contribution in [0.2, 0.25) is 5.02 Å². The Morgan fingerprint density at radius 1 is 1.29 bits per heavy atom. The van der Waals surface area contributed by atoms with Crippen molar-refractivity contribution in [3.8, 4) is 0 Å². The van der Waals surface area contributed by atoms with Crippen LogP contribution in [-0.2, 0) is 16.1 Å². The van der Waals surface area contributed by atoms with Gasteiger partial charge in [0.25, 0.3) is 5.91 Å². The fourth-order valence-corrected chi connectivity index (χ4v) is 2.97. The monoisotopic (exact) mass is 403 g/mol. The van der Waals surface area contributed by atoms with Crippen LogP contribution in [0.1, 0.15) is 34.3 Å². The summed E-state index contributed by atoms with van der Waals surface area (Å²) in [5.41, 5.74) is 7.63. The molecular weight excluding hydrogens is 382 g/mol. The molecule has 0 radical (unpaired) electrons. The summed E-state index contributed by atoms with van der Waals surface area (Å²) in [4.78, 5) is 34.7. The molecule has 0 bridgehead atoms. The summed E-state index contributed by atoms with van der Waals surface area (Å²) in [5, 5.41) is 15.4. The van der Waals surface area contributed by atoms with Crippen molar-refractivity contribution in [1.29, 1.82) is 0 Å². The molecule has 0 aliphatic rings. The first kappa shape index (κ1) is 21.6. The Labute approximate surface area is 168 Å². The summed E-state index contributed by atoms with van der Waals surface area (Å²) in [5.74, 6) is -1.70. The van der Waals surface area contributed by atoms with E-state index < -0.39 is 22.9 Å². The number of hydrogen-bond donors (Lipinski definition) is 3. The lowest BCUT2D eigenvalue weighted by Gasteiger charge is -2.27. The number of carbonyl (C=O) groups excluding carboxylic acids is 3. The molecule has 2 aromatic carbocycles. The minimum Gasteiger partial charge on any atom is -0.626 e. The Hall–Kier alpha value is -2.74. The van der Waals surface area contributed by atoms with Gasteiger partial charge in [-0.25, -0.2) is 4.79 Å².